The summed E-state index contributed by atoms with van der Waals surface area (Å²) in [5.74, 6) is -1.38. The van der Waals surface area contributed by atoms with Crippen LogP contribution in [0.1, 0.15) is 51.5 Å². The van der Waals surface area contributed by atoms with Crippen LogP contribution < -0.4 is 11.1 Å². The SMILES string of the molecule is CC(C)[C@@H]1NC(=O)[C@H](C2CCCCC2)N([C@@H](Cc2ccc([N+](=O)[O-])cc2)C(N)=O)C1=O. The molecule has 9 nitrogen and oxygen atoms in total. The first-order valence-corrected chi connectivity index (χ1v) is 10.9. The molecule has 1 saturated heterocycles. The lowest BCUT2D eigenvalue weighted by molar-refractivity contribution is -0.384. The van der Waals surface area contributed by atoms with Gasteiger partial charge in [0, 0.05) is 18.6 Å². The summed E-state index contributed by atoms with van der Waals surface area (Å²) in [5, 5.41) is 13.8. The van der Waals surface area contributed by atoms with E-state index in [2.05, 4.69) is 5.32 Å². The summed E-state index contributed by atoms with van der Waals surface area (Å²) < 4.78 is 0. The fraction of sp³-hybridized carbons (Fsp3) is 0.591. The topological polar surface area (TPSA) is 136 Å². The third-order valence-electron chi connectivity index (χ3n) is 6.39. The predicted octanol–water partition coefficient (Wildman–Crippen LogP) is 1.92. The Bertz CT molecular complexity index is 848. The van der Waals surface area contributed by atoms with Crippen molar-refractivity contribution >= 4 is 23.4 Å². The lowest BCUT2D eigenvalue weighted by atomic mass is 9.80. The molecule has 1 saturated carbocycles. The number of amides is 3. The minimum absolute atomic E-state index is 0.0236. The Labute approximate surface area is 181 Å². The van der Waals surface area contributed by atoms with Crippen molar-refractivity contribution in [1.29, 1.82) is 0 Å². The third-order valence-corrected chi connectivity index (χ3v) is 6.39. The van der Waals surface area contributed by atoms with Crippen LogP contribution in [0.4, 0.5) is 5.69 Å². The molecular weight excluding hydrogens is 400 g/mol. The molecule has 168 valence electrons. The van der Waals surface area contributed by atoms with Crippen LogP contribution >= 0.6 is 0 Å². The van der Waals surface area contributed by atoms with Crippen LogP contribution in [-0.2, 0) is 20.8 Å². The molecule has 9 heteroatoms. The Morgan fingerprint density at radius 1 is 1.19 bits per heavy atom. The van der Waals surface area contributed by atoms with Gasteiger partial charge in [0.25, 0.3) is 5.69 Å². The van der Waals surface area contributed by atoms with Gasteiger partial charge in [-0.3, -0.25) is 24.5 Å². The van der Waals surface area contributed by atoms with Crippen LogP contribution in [0.3, 0.4) is 0 Å². The van der Waals surface area contributed by atoms with Crippen LogP contribution in [0.15, 0.2) is 24.3 Å². The van der Waals surface area contributed by atoms with Gasteiger partial charge in [-0.2, -0.15) is 0 Å². The number of hydrogen-bond acceptors (Lipinski definition) is 5. The molecule has 1 aromatic carbocycles. The van der Waals surface area contributed by atoms with Crippen molar-refractivity contribution in [3.63, 3.8) is 0 Å². The Hall–Kier alpha value is -2.97. The lowest BCUT2D eigenvalue weighted by Crippen LogP contribution is -2.70. The number of rotatable bonds is 7. The second-order valence-electron chi connectivity index (χ2n) is 8.86. The molecule has 1 aliphatic heterocycles. The highest BCUT2D eigenvalue weighted by Gasteiger charge is 2.49. The van der Waals surface area contributed by atoms with Gasteiger partial charge in [0.1, 0.15) is 18.1 Å². The van der Waals surface area contributed by atoms with Crippen LogP contribution in [0.5, 0.6) is 0 Å². The standard InChI is InChI=1S/C22H30N4O5/c1-13(2)18-22(29)25(19(21(28)24-18)15-6-4-3-5-7-15)17(20(23)27)12-14-8-10-16(11-9-14)26(30)31/h8-11,13,15,17-19H,3-7,12H2,1-2H3,(H2,23,27)(H,24,28)/t17-,18-,19-/m0/s1. The number of piperazine rings is 1. The van der Waals surface area contributed by atoms with E-state index in [0.717, 1.165) is 32.1 Å². The Morgan fingerprint density at radius 2 is 1.81 bits per heavy atom. The molecule has 2 fully saturated rings. The number of non-ortho nitro benzene ring substituents is 1. The first-order chi connectivity index (χ1) is 14.7. The minimum atomic E-state index is -1.01. The van der Waals surface area contributed by atoms with Crippen LogP contribution in [-0.4, -0.2) is 45.7 Å². The van der Waals surface area contributed by atoms with Crippen molar-refractivity contribution in [2.24, 2.45) is 17.6 Å². The summed E-state index contributed by atoms with van der Waals surface area (Å²) in [4.78, 5) is 51.0. The zero-order chi connectivity index (χ0) is 22.7. The predicted molar refractivity (Wildman–Crippen MR) is 114 cm³/mol. The second kappa shape index (κ2) is 9.45. The van der Waals surface area contributed by atoms with E-state index in [4.69, 9.17) is 5.73 Å². The smallest absolute Gasteiger partial charge is 0.269 e. The molecule has 0 spiro atoms. The Morgan fingerprint density at radius 3 is 2.32 bits per heavy atom. The third kappa shape index (κ3) is 4.86. The molecule has 31 heavy (non-hydrogen) atoms. The number of nitrogens with two attached hydrogens (primary N) is 1. The summed E-state index contributed by atoms with van der Waals surface area (Å²) in [7, 11) is 0. The first-order valence-electron chi connectivity index (χ1n) is 10.9. The molecule has 0 aromatic heterocycles. The maximum atomic E-state index is 13.5. The second-order valence-corrected chi connectivity index (χ2v) is 8.86. The highest BCUT2D eigenvalue weighted by Crippen LogP contribution is 2.33. The molecule has 0 radical (unpaired) electrons. The fourth-order valence-electron chi connectivity index (χ4n) is 4.73. The summed E-state index contributed by atoms with van der Waals surface area (Å²) >= 11 is 0. The summed E-state index contributed by atoms with van der Waals surface area (Å²) in [5.41, 5.74) is 6.32. The Kier molecular flexibility index (Phi) is 6.92. The number of nitrogens with zero attached hydrogens (tertiary/aromatic N) is 2. The largest absolute Gasteiger partial charge is 0.368 e. The number of hydrogen-bond donors (Lipinski definition) is 2. The number of nitro groups is 1. The van der Waals surface area contributed by atoms with Gasteiger partial charge in [-0.25, -0.2) is 0 Å². The Balaban J connectivity index is 1.96. The van der Waals surface area contributed by atoms with Crippen molar-refractivity contribution < 1.29 is 19.3 Å². The lowest BCUT2D eigenvalue weighted by Gasteiger charge is -2.47. The average molecular weight is 431 g/mol. The van der Waals surface area contributed by atoms with E-state index in [1.54, 1.807) is 12.1 Å². The number of carbonyl (C=O) groups is 3. The average Bonchev–Trinajstić information content (AvgIpc) is 2.74. The molecule has 1 heterocycles. The molecule has 2 aliphatic rings. The molecule has 3 rings (SSSR count). The number of benzene rings is 1. The van der Waals surface area contributed by atoms with Gasteiger partial charge in [-0.1, -0.05) is 45.2 Å². The van der Waals surface area contributed by atoms with Gasteiger partial charge in [-0.15, -0.1) is 0 Å². The number of nitro benzene ring substituents is 1. The van der Waals surface area contributed by atoms with Gasteiger partial charge in [0.2, 0.25) is 17.7 Å². The van der Waals surface area contributed by atoms with Crippen molar-refractivity contribution in [2.45, 2.75) is 70.5 Å². The number of nitrogens with one attached hydrogen (secondary N) is 1. The zero-order valence-corrected chi connectivity index (χ0v) is 18.0. The van der Waals surface area contributed by atoms with Crippen LogP contribution in [0, 0.1) is 22.0 Å². The van der Waals surface area contributed by atoms with E-state index < -0.39 is 29.0 Å². The first kappa shape index (κ1) is 22.7. The van der Waals surface area contributed by atoms with Crippen LogP contribution in [0.2, 0.25) is 0 Å². The molecule has 3 amide bonds. The van der Waals surface area contributed by atoms with Crippen molar-refractivity contribution in [2.75, 3.05) is 0 Å². The molecule has 0 bridgehead atoms. The van der Waals surface area contributed by atoms with E-state index in [1.165, 1.54) is 17.0 Å². The molecule has 1 aliphatic carbocycles. The molecule has 0 unspecified atom stereocenters. The van der Waals surface area contributed by atoms with Gasteiger partial charge in [0.15, 0.2) is 0 Å². The monoisotopic (exact) mass is 430 g/mol. The van der Waals surface area contributed by atoms with Gasteiger partial charge in [-0.05, 0) is 30.2 Å². The normalized spacial score (nSPS) is 23.5. The van der Waals surface area contributed by atoms with Crippen molar-refractivity contribution in [3.8, 4) is 0 Å². The highest BCUT2D eigenvalue weighted by atomic mass is 16.6. The van der Waals surface area contributed by atoms with Crippen LogP contribution in [0.25, 0.3) is 0 Å². The van der Waals surface area contributed by atoms with E-state index in [0.29, 0.717) is 5.56 Å². The zero-order valence-electron chi connectivity index (χ0n) is 18.0. The van der Waals surface area contributed by atoms with Gasteiger partial charge >= 0.3 is 0 Å². The number of carbonyl (C=O) groups excluding carboxylic acids is 3. The van der Waals surface area contributed by atoms with Crippen molar-refractivity contribution in [1.82, 2.24) is 10.2 Å². The summed E-state index contributed by atoms with van der Waals surface area (Å²) in [6, 6.07) is 3.36. The van der Waals surface area contributed by atoms with E-state index in [9.17, 15) is 24.5 Å². The molecule has 1 aromatic rings. The summed E-state index contributed by atoms with van der Waals surface area (Å²) in [6.45, 7) is 3.69. The van der Waals surface area contributed by atoms with Gasteiger partial charge < -0.3 is 16.0 Å². The number of primary amides is 1. The molecule has 3 N–H and O–H groups in total. The quantitative estimate of drug-likeness (QED) is 0.503. The van der Waals surface area contributed by atoms with Gasteiger partial charge in [0.05, 0.1) is 4.92 Å². The fourth-order valence-corrected chi connectivity index (χ4v) is 4.73. The molecule has 3 atom stereocenters. The summed E-state index contributed by atoms with van der Waals surface area (Å²) in [6.07, 6.45) is 4.78. The van der Waals surface area contributed by atoms with E-state index in [-0.39, 0.29) is 35.8 Å². The molecular formula is C22H30N4O5. The van der Waals surface area contributed by atoms with E-state index in [1.807, 2.05) is 13.8 Å². The highest BCUT2D eigenvalue weighted by molar-refractivity contribution is 6.00. The van der Waals surface area contributed by atoms with E-state index >= 15 is 0 Å². The maximum Gasteiger partial charge on any atom is 0.269 e. The maximum absolute atomic E-state index is 13.5. The minimum Gasteiger partial charge on any atom is -0.368 e. The van der Waals surface area contributed by atoms with Crippen molar-refractivity contribution in [3.05, 3.63) is 39.9 Å².